The van der Waals surface area contributed by atoms with Crippen LogP contribution in [0.4, 0.5) is 0 Å². The number of likely N-dealkylation sites (tertiary alicyclic amines) is 1. The minimum atomic E-state index is -0.327. The second kappa shape index (κ2) is 6.50. The van der Waals surface area contributed by atoms with E-state index in [2.05, 4.69) is 4.90 Å². The van der Waals surface area contributed by atoms with Gasteiger partial charge in [-0.05, 0) is 26.2 Å². The first-order valence-electron chi connectivity index (χ1n) is 6.94. The molecule has 0 radical (unpaired) electrons. The number of rotatable bonds is 4. The summed E-state index contributed by atoms with van der Waals surface area (Å²) in [6, 6.07) is 0.235. The molecule has 0 aliphatic carbocycles. The molecule has 0 bridgehead atoms. The predicted molar refractivity (Wildman–Crippen MR) is 68.3 cm³/mol. The third-order valence-corrected chi connectivity index (χ3v) is 3.77. The van der Waals surface area contributed by atoms with Crippen LogP contribution in [0.3, 0.4) is 0 Å². The summed E-state index contributed by atoms with van der Waals surface area (Å²) in [7, 11) is 0. The van der Waals surface area contributed by atoms with E-state index >= 15 is 0 Å². The first-order chi connectivity index (χ1) is 8.66. The molecule has 2 atom stereocenters. The van der Waals surface area contributed by atoms with E-state index in [4.69, 9.17) is 4.74 Å². The van der Waals surface area contributed by atoms with Gasteiger partial charge in [-0.25, -0.2) is 0 Å². The van der Waals surface area contributed by atoms with Gasteiger partial charge >= 0.3 is 0 Å². The van der Waals surface area contributed by atoms with Gasteiger partial charge in [0, 0.05) is 25.7 Å². The highest BCUT2D eigenvalue weighted by atomic mass is 16.5. The van der Waals surface area contributed by atoms with Crippen molar-refractivity contribution in [1.82, 2.24) is 9.80 Å². The Morgan fingerprint density at radius 1 is 1.39 bits per heavy atom. The maximum atomic E-state index is 12.3. The molecule has 0 aromatic rings. The van der Waals surface area contributed by atoms with Crippen LogP contribution in [0.2, 0.25) is 0 Å². The van der Waals surface area contributed by atoms with Crippen molar-refractivity contribution < 1.29 is 14.6 Å². The molecule has 0 saturated carbocycles. The topological polar surface area (TPSA) is 53.0 Å². The summed E-state index contributed by atoms with van der Waals surface area (Å²) in [6.45, 7) is 6.29. The van der Waals surface area contributed by atoms with Gasteiger partial charge in [0.05, 0.1) is 25.9 Å². The Morgan fingerprint density at radius 3 is 2.78 bits per heavy atom. The highest BCUT2D eigenvalue weighted by Gasteiger charge is 2.30. The number of ether oxygens (including phenoxy) is 1. The lowest BCUT2D eigenvalue weighted by Gasteiger charge is -2.31. The van der Waals surface area contributed by atoms with Crippen LogP contribution in [0, 0.1) is 0 Å². The van der Waals surface area contributed by atoms with Crippen molar-refractivity contribution in [3.63, 3.8) is 0 Å². The second-order valence-corrected chi connectivity index (χ2v) is 5.36. The molecule has 2 rings (SSSR count). The smallest absolute Gasteiger partial charge is 0.237 e. The average molecular weight is 256 g/mol. The van der Waals surface area contributed by atoms with Crippen molar-refractivity contribution in [3.05, 3.63) is 0 Å². The zero-order valence-corrected chi connectivity index (χ0v) is 11.2. The largest absolute Gasteiger partial charge is 0.393 e. The number of hydrogen-bond donors (Lipinski definition) is 1. The highest BCUT2D eigenvalue weighted by molar-refractivity contribution is 5.78. The van der Waals surface area contributed by atoms with Gasteiger partial charge < -0.3 is 14.7 Å². The standard InChI is InChI=1S/C13H24N2O3/c1-11(16)9-12-3-2-4-15(12)13(17)10-14-5-7-18-8-6-14/h11-12,16H,2-10H2,1H3. The molecule has 18 heavy (non-hydrogen) atoms. The molecule has 104 valence electrons. The van der Waals surface area contributed by atoms with Crippen molar-refractivity contribution in [3.8, 4) is 0 Å². The van der Waals surface area contributed by atoms with Crippen LogP contribution in [0.5, 0.6) is 0 Å². The van der Waals surface area contributed by atoms with Gasteiger partial charge in [-0.1, -0.05) is 0 Å². The number of hydrogen-bond acceptors (Lipinski definition) is 4. The lowest BCUT2D eigenvalue weighted by molar-refractivity contribution is -0.134. The molecular formula is C13H24N2O3. The fraction of sp³-hybridized carbons (Fsp3) is 0.923. The van der Waals surface area contributed by atoms with Crippen LogP contribution in [-0.4, -0.2) is 72.4 Å². The fourth-order valence-corrected chi connectivity index (χ4v) is 2.84. The number of carbonyl (C=O) groups is 1. The number of aliphatic hydroxyl groups is 1. The normalized spacial score (nSPS) is 27.4. The highest BCUT2D eigenvalue weighted by Crippen LogP contribution is 2.21. The number of nitrogens with zero attached hydrogens (tertiary/aromatic N) is 2. The number of carbonyl (C=O) groups excluding carboxylic acids is 1. The van der Waals surface area contributed by atoms with Crippen molar-refractivity contribution in [2.24, 2.45) is 0 Å². The van der Waals surface area contributed by atoms with Crippen molar-refractivity contribution in [2.45, 2.75) is 38.3 Å². The van der Waals surface area contributed by atoms with Crippen molar-refractivity contribution >= 4 is 5.91 Å². The van der Waals surface area contributed by atoms with Crippen molar-refractivity contribution in [2.75, 3.05) is 39.4 Å². The quantitative estimate of drug-likeness (QED) is 0.774. The molecule has 2 fully saturated rings. The van der Waals surface area contributed by atoms with Gasteiger partial charge in [0.25, 0.3) is 0 Å². The zero-order chi connectivity index (χ0) is 13.0. The van der Waals surface area contributed by atoms with Gasteiger partial charge in [-0.15, -0.1) is 0 Å². The molecule has 2 aliphatic rings. The lowest BCUT2D eigenvalue weighted by Crippen LogP contribution is -2.46. The van der Waals surface area contributed by atoms with Gasteiger partial charge in [0.1, 0.15) is 0 Å². The van der Waals surface area contributed by atoms with Gasteiger partial charge in [-0.2, -0.15) is 0 Å². The summed E-state index contributed by atoms with van der Waals surface area (Å²) in [5.41, 5.74) is 0. The van der Waals surface area contributed by atoms with Crippen LogP contribution in [0.25, 0.3) is 0 Å². The first-order valence-corrected chi connectivity index (χ1v) is 6.94. The van der Waals surface area contributed by atoms with Crippen molar-refractivity contribution in [1.29, 1.82) is 0 Å². The second-order valence-electron chi connectivity index (χ2n) is 5.36. The molecule has 1 amide bonds. The predicted octanol–water partition coefficient (Wildman–Crippen LogP) is 0.0805. The number of morpholine rings is 1. The SMILES string of the molecule is CC(O)CC1CCCN1C(=O)CN1CCOCC1. The Bertz CT molecular complexity index is 277. The van der Waals surface area contributed by atoms with Gasteiger partial charge in [0.2, 0.25) is 5.91 Å². The maximum absolute atomic E-state index is 12.3. The fourth-order valence-electron chi connectivity index (χ4n) is 2.84. The summed E-state index contributed by atoms with van der Waals surface area (Å²) in [4.78, 5) is 16.4. The molecule has 0 aromatic heterocycles. The maximum Gasteiger partial charge on any atom is 0.237 e. The summed E-state index contributed by atoms with van der Waals surface area (Å²) >= 11 is 0. The van der Waals surface area contributed by atoms with Crippen LogP contribution in [0.15, 0.2) is 0 Å². The monoisotopic (exact) mass is 256 g/mol. The molecule has 2 heterocycles. The molecule has 2 saturated heterocycles. The third-order valence-electron chi connectivity index (χ3n) is 3.77. The minimum absolute atomic E-state index is 0.208. The summed E-state index contributed by atoms with van der Waals surface area (Å²) in [6.07, 6.45) is 2.47. The van der Waals surface area contributed by atoms with Gasteiger partial charge in [0.15, 0.2) is 0 Å². The minimum Gasteiger partial charge on any atom is -0.393 e. The molecule has 2 aliphatic heterocycles. The number of amides is 1. The van der Waals surface area contributed by atoms with E-state index in [0.29, 0.717) is 13.0 Å². The molecule has 2 unspecified atom stereocenters. The van der Waals surface area contributed by atoms with E-state index in [-0.39, 0.29) is 18.1 Å². The summed E-state index contributed by atoms with van der Waals surface area (Å²) < 4.78 is 5.28. The Morgan fingerprint density at radius 2 is 2.11 bits per heavy atom. The molecular weight excluding hydrogens is 232 g/mol. The van der Waals surface area contributed by atoms with E-state index in [9.17, 15) is 9.90 Å². The van der Waals surface area contributed by atoms with Crippen LogP contribution < -0.4 is 0 Å². The Labute approximate surface area is 109 Å². The summed E-state index contributed by atoms with van der Waals surface area (Å²) in [5, 5.41) is 9.47. The van der Waals surface area contributed by atoms with E-state index in [1.807, 2.05) is 4.90 Å². The Kier molecular flexibility index (Phi) is 4.97. The van der Waals surface area contributed by atoms with Crippen LogP contribution >= 0.6 is 0 Å². The zero-order valence-electron chi connectivity index (χ0n) is 11.2. The van der Waals surface area contributed by atoms with E-state index in [1.54, 1.807) is 6.92 Å². The molecule has 0 spiro atoms. The van der Waals surface area contributed by atoms with E-state index in [1.165, 1.54) is 0 Å². The number of aliphatic hydroxyl groups excluding tert-OH is 1. The van der Waals surface area contributed by atoms with Crippen LogP contribution in [-0.2, 0) is 9.53 Å². The molecule has 5 nitrogen and oxygen atoms in total. The molecule has 5 heteroatoms. The van der Waals surface area contributed by atoms with E-state index in [0.717, 1.165) is 45.7 Å². The lowest BCUT2D eigenvalue weighted by atomic mass is 10.1. The molecule has 1 N–H and O–H groups in total. The van der Waals surface area contributed by atoms with E-state index < -0.39 is 0 Å². The average Bonchev–Trinajstić information content (AvgIpc) is 2.77. The Balaban J connectivity index is 1.83. The third kappa shape index (κ3) is 3.67. The van der Waals surface area contributed by atoms with Crippen LogP contribution in [0.1, 0.15) is 26.2 Å². The molecule has 0 aromatic carbocycles. The Hall–Kier alpha value is -0.650. The van der Waals surface area contributed by atoms with Gasteiger partial charge in [-0.3, -0.25) is 9.69 Å². The summed E-state index contributed by atoms with van der Waals surface area (Å²) in [5.74, 6) is 0.208. The first kappa shape index (κ1) is 13.8.